The molecule has 29 heavy (non-hydrogen) atoms. The number of piperidine rings is 1. The van der Waals surface area contributed by atoms with Crippen LogP contribution in [0.3, 0.4) is 0 Å². The van der Waals surface area contributed by atoms with Gasteiger partial charge in [0.2, 0.25) is 5.91 Å². The summed E-state index contributed by atoms with van der Waals surface area (Å²) in [6.07, 6.45) is 8.11. The minimum Gasteiger partial charge on any atom is -0.497 e. The number of carbonyl (C=O) groups is 1. The number of amides is 1. The maximum absolute atomic E-state index is 13.2. The Morgan fingerprint density at radius 3 is 2.59 bits per heavy atom. The van der Waals surface area contributed by atoms with Crippen LogP contribution in [-0.2, 0) is 4.79 Å². The van der Waals surface area contributed by atoms with Gasteiger partial charge in [-0.15, -0.1) is 0 Å². The van der Waals surface area contributed by atoms with Gasteiger partial charge in [-0.05, 0) is 48.6 Å². The minimum absolute atomic E-state index is 0.00212. The lowest BCUT2D eigenvalue weighted by Gasteiger charge is -2.52. The first-order chi connectivity index (χ1) is 14.1. The number of methoxy groups -OCH3 is 1. The zero-order valence-corrected chi connectivity index (χ0v) is 17.0. The van der Waals surface area contributed by atoms with Crippen LogP contribution in [0.2, 0.25) is 0 Å². The Morgan fingerprint density at radius 2 is 1.86 bits per heavy atom. The van der Waals surface area contributed by atoms with Crippen molar-refractivity contribution in [1.82, 2.24) is 4.90 Å². The smallest absolute Gasteiger partial charge is 0.247 e. The van der Waals surface area contributed by atoms with Crippen molar-refractivity contribution in [2.24, 2.45) is 5.92 Å². The Bertz CT molecular complexity index is 861. The van der Waals surface area contributed by atoms with Gasteiger partial charge in [0.05, 0.1) is 18.8 Å². The summed E-state index contributed by atoms with van der Waals surface area (Å²) in [5.41, 5.74) is 1.40. The summed E-state index contributed by atoms with van der Waals surface area (Å²) in [5.74, 6) is 0.861. The van der Waals surface area contributed by atoms with Crippen LogP contribution in [0.4, 0.5) is 0 Å². The molecule has 4 heteroatoms. The lowest BCUT2D eigenvalue weighted by molar-refractivity contribution is -0.150. The number of hydrogen-bond donors (Lipinski definition) is 1. The predicted molar refractivity (Wildman–Crippen MR) is 114 cm³/mol. The van der Waals surface area contributed by atoms with Crippen LogP contribution in [0.1, 0.15) is 49.3 Å². The van der Waals surface area contributed by atoms with Gasteiger partial charge in [0, 0.05) is 18.5 Å². The highest BCUT2D eigenvalue weighted by atomic mass is 16.5. The highest BCUT2D eigenvalue weighted by molar-refractivity contribution is 5.92. The van der Waals surface area contributed by atoms with Crippen molar-refractivity contribution in [3.05, 3.63) is 71.8 Å². The molecule has 0 spiro atoms. The van der Waals surface area contributed by atoms with Gasteiger partial charge in [-0.3, -0.25) is 4.79 Å². The summed E-state index contributed by atoms with van der Waals surface area (Å²) >= 11 is 0. The van der Waals surface area contributed by atoms with E-state index in [1.54, 1.807) is 13.2 Å². The van der Waals surface area contributed by atoms with Crippen molar-refractivity contribution in [1.29, 1.82) is 0 Å². The highest BCUT2D eigenvalue weighted by Gasteiger charge is 2.49. The van der Waals surface area contributed by atoms with Crippen molar-refractivity contribution < 1.29 is 14.6 Å². The van der Waals surface area contributed by atoms with E-state index in [9.17, 15) is 9.90 Å². The number of benzene rings is 2. The molecule has 1 saturated heterocycles. The Morgan fingerprint density at radius 1 is 1.10 bits per heavy atom. The van der Waals surface area contributed by atoms with E-state index in [0.717, 1.165) is 42.6 Å². The normalized spacial score (nSPS) is 26.9. The molecule has 2 aromatic rings. The zero-order chi connectivity index (χ0) is 20.3. The third kappa shape index (κ3) is 4.08. The summed E-state index contributed by atoms with van der Waals surface area (Å²) in [7, 11) is 1.65. The first-order valence-electron chi connectivity index (χ1n) is 10.5. The minimum atomic E-state index is -0.678. The van der Waals surface area contributed by atoms with Crippen LogP contribution < -0.4 is 4.74 Å². The number of aliphatic hydroxyl groups is 1. The fraction of sp³-hybridized carbons (Fsp3) is 0.400. The maximum Gasteiger partial charge on any atom is 0.247 e. The Balaban J connectivity index is 1.65. The van der Waals surface area contributed by atoms with Crippen molar-refractivity contribution >= 4 is 12.0 Å². The first-order valence-corrected chi connectivity index (χ1v) is 10.5. The molecule has 4 rings (SSSR count). The lowest BCUT2D eigenvalue weighted by atomic mass is 9.66. The van der Waals surface area contributed by atoms with Gasteiger partial charge in [0.25, 0.3) is 0 Å². The number of fused-ring (bicyclic) bond motifs is 1. The third-order valence-corrected chi connectivity index (χ3v) is 6.53. The molecule has 1 aliphatic carbocycles. The molecule has 1 heterocycles. The molecule has 2 aromatic carbocycles. The summed E-state index contributed by atoms with van der Waals surface area (Å²) in [4.78, 5) is 15.1. The van der Waals surface area contributed by atoms with Crippen LogP contribution in [0.15, 0.2) is 60.7 Å². The van der Waals surface area contributed by atoms with Crippen LogP contribution in [0.5, 0.6) is 5.75 Å². The molecule has 152 valence electrons. The van der Waals surface area contributed by atoms with E-state index in [1.165, 1.54) is 0 Å². The summed E-state index contributed by atoms with van der Waals surface area (Å²) < 4.78 is 5.30. The molecule has 1 N–H and O–H groups in total. The molecule has 2 fully saturated rings. The lowest BCUT2D eigenvalue weighted by Crippen LogP contribution is -2.56. The Labute approximate surface area is 172 Å². The van der Waals surface area contributed by atoms with Gasteiger partial charge in [-0.25, -0.2) is 0 Å². The first kappa shape index (κ1) is 19.7. The van der Waals surface area contributed by atoms with Crippen molar-refractivity contribution in [2.45, 2.75) is 43.7 Å². The third-order valence-electron chi connectivity index (χ3n) is 6.53. The van der Waals surface area contributed by atoms with E-state index in [2.05, 4.69) is 0 Å². The van der Waals surface area contributed by atoms with E-state index in [4.69, 9.17) is 4.74 Å². The average molecular weight is 392 g/mol. The molecule has 1 amide bonds. The predicted octanol–water partition coefficient (Wildman–Crippen LogP) is 4.60. The van der Waals surface area contributed by atoms with E-state index < -0.39 is 5.60 Å². The summed E-state index contributed by atoms with van der Waals surface area (Å²) in [5, 5.41) is 11.4. The summed E-state index contributed by atoms with van der Waals surface area (Å²) in [6.45, 7) is 0.571. The molecule has 3 atom stereocenters. The van der Waals surface area contributed by atoms with Gasteiger partial charge in [-0.2, -0.15) is 0 Å². The van der Waals surface area contributed by atoms with Crippen molar-refractivity contribution in [3.63, 3.8) is 0 Å². The van der Waals surface area contributed by atoms with E-state index in [-0.39, 0.29) is 17.9 Å². The second-order valence-corrected chi connectivity index (χ2v) is 8.20. The van der Waals surface area contributed by atoms with E-state index in [0.29, 0.717) is 13.0 Å². The molecule has 0 bridgehead atoms. The molecular formula is C25H29NO3. The monoisotopic (exact) mass is 391 g/mol. The molecule has 1 aliphatic heterocycles. The van der Waals surface area contributed by atoms with Crippen molar-refractivity contribution in [3.8, 4) is 5.75 Å². The SMILES string of the molecule is COc1ccc([C@H]2[C@@H]3CCCC[C@]3(O)CCN2C(=O)C=Cc2ccccc2)cc1. The molecule has 4 nitrogen and oxygen atoms in total. The number of rotatable bonds is 4. The molecular weight excluding hydrogens is 362 g/mol. The molecule has 0 unspecified atom stereocenters. The van der Waals surface area contributed by atoms with Gasteiger partial charge in [-0.1, -0.05) is 55.3 Å². The average Bonchev–Trinajstić information content (AvgIpc) is 2.77. The zero-order valence-electron chi connectivity index (χ0n) is 17.0. The van der Waals surface area contributed by atoms with Gasteiger partial charge < -0.3 is 14.7 Å². The topological polar surface area (TPSA) is 49.8 Å². The highest BCUT2D eigenvalue weighted by Crippen LogP contribution is 2.49. The van der Waals surface area contributed by atoms with Crippen LogP contribution in [0, 0.1) is 5.92 Å². The fourth-order valence-electron chi connectivity index (χ4n) is 4.97. The Kier molecular flexibility index (Phi) is 5.72. The number of likely N-dealkylation sites (tertiary alicyclic amines) is 1. The number of ether oxygens (including phenoxy) is 1. The van der Waals surface area contributed by atoms with Gasteiger partial charge in [0.15, 0.2) is 0 Å². The van der Waals surface area contributed by atoms with E-state index in [1.807, 2.05) is 65.6 Å². The Hall–Kier alpha value is -2.59. The number of hydrogen-bond acceptors (Lipinski definition) is 3. The molecule has 0 radical (unpaired) electrons. The largest absolute Gasteiger partial charge is 0.497 e. The fourth-order valence-corrected chi connectivity index (χ4v) is 4.97. The van der Waals surface area contributed by atoms with E-state index >= 15 is 0 Å². The maximum atomic E-state index is 13.2. The van der Waals surface area contributed by atoms with Gasteiger partial charge >= 0.3 is 0 Å². The number of nitrogens with zero attached hydrogens (tertiary/aromatic N) is 1. The standard InChI is InChI=1S/C25H29NO3/c1-29-21-13-11-20(12-14-21)24-22-9-5-6-16-25(22,28)17-18-26(24)23(27)15-10-19-7-3-2-4-8-19/h2-4,7-8,10-15,22,24,28H,5-6,9,16-18H2,1H3/t22-,24-,25-/m0/s1. The van der Waals surface area contributed by atoms with Crippen LogP contribution in [-0.4, -0.2) is 35.2 Å². The van der Waals surface area contributed by atoms with Crippen LogP contribution in [0.25, 0.3) is 6.08 Å². The second-order valence-electron chi connectivity index (χ2n) is 8.20. The van der Waals surface area contributed by atoms with Crippen molar-refractivity contribution in [2.75, 3.05) is 13.7 Å². The number of carbonyl (C=O) groups excluding carboxylic acids is 1. The van der Waals surface area contributed by atoms with Crippen LogP contribution >= 0.6 is 0 Å². The molecule has 2 aliphatic rings. The quantitative estimate of drug-likeness (QED) is 0.775. The van der Waals surface area contributed by atoms with Gasteiger partial charge in [0.1, 0.15) is 5.75 Å². The summed E-state index contributed by atoms with van der Waals surface area (Å²) in [6, 6.07) is 17.7. The second kappa shape index (κ2) is 8.42. The molecule has 1 saturated carbocycles. The molecule has 0 aromatic heterocycles.